The van der Waals surface area contributed by atoms with Crippen molar-refractivity contribution in [3.63, 3.8) is 0 Å². The highest BCUT2D eigenvalue weighted by Crippen LogP contribution is 2.41. The predicted octanol–water partition coefficient (Wildman–Crippen LogP) is 4.57. The quantitative estimate of drug-likeness (QED) is 0.657. The number of hydrogen-bond acceptors (Lipinski definition) is 2. The van der Waals surface area contributed by atoms with E-state index in [-0.39, 0.29) is 16.3 Å². The number of rotatable bonds is 3. The van der Waals surface area contributed by atoms with Crippen molar-refractivity contribution < 1.29 is 8.78 Å². The van der Waals surface area contributed by atoms with Gasteiger partial charge in [0.05, 0.1) is 5.69 Å². The van der Waals surface area contributed by atoms with Crippen LogP contribution in [0.25, 0.3) is 0 Å². The zero-order valence-electron chi connectivity index (χ0n) is 10.8. The second kappa shape index (κ2) is 5.21. The van der Waals surface area contributed by atoms with E-state index in [4.69, 9.17) is 5.73 Å². The fraction of sp³-hybridized carbons (Fsp3) is 0.200. The summed E-state index contributed by atoms with van der Waals surface area (Å²) >= 11 is 1.52. The largest absolute Gasteiger partial charge is 0.396 e. The Balaban J connectivity index is 2.27. The topological polar surface area (TPSA) is 26.0 Å². The van der Waals surface area contributed by atoms with Crippen LogP contribution < -0.4 is 5.73 Å². The standard InChI is InChI=1S/C15H15F2NS/c1-15(2,10-4-3-5-11(16)8-10)19-12-6-7-13(17)14(18)9-12/h3-9H,18H2,1-2H3. The number of thioether (sulfide) groups is 1. The summed E-state index contributed by atoms with van der Waals surface area (Å²) < 4.78 is 26.1. The van der Waals surface area contributed by atoms with Crippen molar-refractivity contribution in [3.8, 4) is 0 Å². The molecule has 0 fully saturated rings. The van der Waals surface area contributed by atoms with E-state index in [2.05, 4.69) is 0 Å². The Kier molecular flexibility index (Phi) is 3.80. The molecule has 2 aromatic carbocycles. The first-order chi connectivity index (χ1) is 8.88. The Morgan fingerprint density at radius 1 is 1.05 bits per heavy atom. The third-order valence-corrected chi connectivity index (χ3v) is 4.10. The van der Waals surface area contributed by atoms with Crippen molar-refractivity contribution in [2.75, 3.05) is 5.73 Å². The third kappa shape index (κ3) is 3.26. The lowest BCUT2D eigenvalue weighted by molar-refractivity contribution is 0.621. The van der Waals surface area contributed by atoms with Crippen molar-refractivity contribution in [2.24, 2.45) is 0 Å². The van der Waals surface area contributed by atoms with Crippen LogP contribution in [0.15, 0.2) is 47.4 Å². The van der Waals surface area contributed by atoms with Crippen molar-refractivity contribution >= 4 is 17.4 Å². The lowest BCUT2D eigenvalue weighted by Gasteiger charge is -2.25. The van der Waals surface area contributed by atoms with Crippen molar-refractivity contribution in [2.45, 2.75) is 23.5 Å². The number of halogens is 2. The van der Waals surface area contributed by atoms with Gasteiger partial charge in [-0.3, -0.25) is 0 Å². The van der Waals surface area contributed by atoms with Crippen LogP contribution in [0.3, 0.4) is 0 Å². The second-order valence-corrected chi connectivity index (χ2v) is 6.50. The van der Waals surface area contributed by atoms with Gasteiger partial charge in [0.1, 0.15) is 11.6 Å². The van der Waals surface area contributed by atoms with Gasteiger partial charge in [0.2, 0.25) is 0 Å². The highest BCUT2D eigenvalue weighted by molar-refractivity contribution is 8.00. The molecule has 0 bridgehead atoms. The molecule has 0 radical (unpaired) electrons. The number of nitrogen functional groups attached to an aromatic ring is 1. The second-order valence-electron chi connectivity index (χ2n) is 4.81. The normalized spacial score (nSPS) is 11.6. The highest BCUT2D eigenvalue weighted by Gasteiger charge is 2.22. The Bertz CT molecular complexity index is 596. The molecule has 2 aromatic rings. The van der Waals surface area contributed by atoms with Crippen LogP contribution in [-0.4, -0.2) is 0 Å². The molecule has 0 saturated heterocycles. The summed E-state index contributed by atoms with van der Waals surface area (Å²) in [6, 6.07) is 11.1. The summed E-state index contributed by atoms with van der Waals surface area (Å²) in [6.07, 6.45) is 0. The first-order valence-corrected chi connectivity index (χ1v) is 6.70. The van der Waals surface area contributed by atoms with E-state index in [9.17, 15) is 8.78 Å². The number of benzene rings is 2. The summed E-state index contributed by atoms with van der Waals surface area (Å²) in [4.78, 5) is 0.855. The Morgan fingerprint density at radius 3 is 2.42 bits per heavy atom. The molecule has 0 aliphatic carbocycles. The Hall–Kier alpha value is -1.55. The summed E-state index contributed by atoms with van der Waals surface area (Å²) in [5.74, 6) is -0.683. The molecule has 0 aromatic heterocycles. The maximum absolute atomic E-state index is 13.3. The van der Waals surface area contributed by atoms with Crippen molar-refractivity contribution in [1.82, 2.24) is 0 Å². The Labute approximate surface area is 115 Å². The van der Waals surface area contributed by atoms with Crippen molar-refractivity contribution in [3.05, 3.63) is 59.7 Å². The van der Waals surface area contributed by atoms with Gasteiger partial charge in [-0.2, -0.15) is 0 Å². The minimum atomic E-state index is -0.423. The lowest BCUT2D eigenvalue weighted by atomic mass is 10.0. The molecular formula is C15H15F2NS. The summed E-state index contributed by atoms with van der Waals surface area (Å²) in [7, 11) is 0. The van der Waals surface area contributed by atoms with Gasteiger partial charge >= 0.3 is 0 Å². The van der Waals surface area contributed by atoms with Gasteiger partial charge in [0.25, 0.3) is 0 Å². The third-order valence-electron chi connectivity index (χ3n) is 2.86. The summed E-state index contributed by atoms with van der Waals surface area (Å²) in [5, 5.41) is 0. The first-order valence-electron chi connectivity index (χ1n) is 5.88. The molecular weight excluding hydrogens is 264 g/mol. The first kappa shape index (κ1) is 13.9. The van der Waals surface area contributed by atoms with E-state index in [1.165, 1.54) is 30.0 Å². The maximum Gasteiger partial charge on any atom is 0.146 e. The zero-order chi connectivity index (χ0) is 14.0. The van der Waals surface area contributed by atoms with Crippen LogP contribution in [0.2, 0.25) is 0 Å². The molecule has 4 heteroatoms. The van der Waals surface area contributed by atoms with E-state index in [0.29, 0.717) is 0 Å². The van der Waals surface area contributed by atoms with Crippen LogP contribution in [0.5, 0.6) is 0 Å². The zero-order valence-corrected chi connectivity index (χ0v) is 11.6. The molecule has 100 valence electrons. The van der Waals surface area contributed by atoms with Gasteiger partial charge < -0.3 is 5.73 Å². The van der Waals surface area contributed by atoms with Crippen LogP contribution >= 0.6 is 11.8 Å². The minimum absolute atomic E-state index is 0.125. The van der Waals surface area contributed by atoms with Gasteiger partial charge in [-0.15, -0.1) is 11.8 Å². The predicted molar refractivity (Wildman–Crippen MR) is 76.1 cm³/mol. The van der Waals surface area contributed by atoms with Gasteiger partial charge in [-0.25, -0.2) is 8.78 Å². The molecule has 0 aliphatic heterocycles. The van der Waals surface area contributed by atoms with E-state index < -0.39 is 5.82 Å². The fourth-order valence-corrected chi connectivity index (χ4v) is 2.96. The lowest BCUT2D eigenvalue weighted by Crippen LogP contribution is -2.12. The molecule has 0 unspecified atom stereocenters. The molecule has 0 spiro atoms. The van der Waals surface area contributed by atoms with Gasteiger partial charge in [-0.05, 0) is 49.7 Å². The Morgan fingerprint density at radius 2 is 1.79 bits per heavy atom. The molecule has 19 heavy (non-hydrogen) atoms. The van der Waals surface area contributed by atoms with Crippen LogP contribution in [-0.2, 0) is 4.75 Å². The summed E-state index contributed by atoms with van der Waals surface area (Å²) in [5.41, 5.74) is 6.55. The molecule has 0 heterocycles. The van der Waals surface area contributed by atoms with Gasteiger partial charge in [0.15, 0.2) is 0 Å². The molecule has 2 N–H and O–H groups in total. The van der Waals surface area contributed by atoms with E-state index in [0.717, 1.165) is 10.5 Å². The van der Waals surface area contributed by atoms with E-state index >= 15 is 0 Å². The fourth-order valence-electron chi connectivity index (χ4n) is 1.80. The minimum Gasteiger partial charge on any atom is -0.396 e. The SMILES string of the molecule is CC(C)(Sc1ccc(F)c(N)c1)c1cccc(F)c1. The number of hydrogen-bond donors (Lipinski definition) is 1. The molecule has 0 amide bonds. The average Bonchev–Trinajstić information content (AvgIpc) is 2.33. The van der Waals surface area contributed by atoms with Gasteiger partial charge in [-0.1, -0.05) is 12.1 Å². The van der Waals surface area contributed by atoms with Crippen LogP contribution in [0.1, 0.15) is 19.4 Å². The average molecular weight is 279 g/mol. The highest BCUT2D eigenvalue weighted by atomic mass is 32.2. The smallest absolute Gasteiger partial charge is 0.146 e. The maximum atomic E-state index is 13.3. The van der Waals surface area contributed by atoms with Crippen molar-refractivity contribution in [1.29, 1.82) is 0 Å². The van der Waals surface area contributed by atoms with Gasteiger partial charge in [0, 0.05) is 9.64 Å². The van der Waals surface area contributed by atoms with Crippen LogP contribution in [0.4, 0.5) is 14.5 Å². The van der Waals surface area contributed by atoms with Crippen LogP contribution in [0, 0.1) is 11.6 Å². The van der Waals surface area contributed by atoms with E-state index in [1.54, 1.807) is 18.2 Å². The summed E-state index contributed by atoms with van der Waals surface area (Å²) in [6.45, 7) is 3.98. The molecule has 2 rings (SSSR count). The molecule has 0 aliphatic rings. The number of nitrogens with two attached hydrogens (primary N) is 1. The molecule has 0 atom stereocenters. The van der Waals surface area contributed by atoms with E-state index in [1.807, 2.05) is 19.9 Å². The molecule has 1 nitrogen and oxygen atoms in total. The monoisotopic (exact) mass is 279 g/mol. The molecule has 0 saturated carbocycles. The number of anilines is 1.